The minimum absolute atomic E-state index is 1.75. The third-order valence-corrected chi connectivity index (χ3v) is 0. The fourth-order valence-corrected chi connectivity index (χ4v) is 0. The Morgan fingerprint density at radius 1 is 1.00 bits per heavy atom. The number of halogens is 2. The van der Waals surface area contributed by atoms with Gasteiger partial charge < -0.3 is 0 Å². The Kier molecular flexibility index (Phi) is 2.63. The van der Waals surface area contributed by atoms with Crippen LogP contribution in [0.15, 0.2) is 0 Å². The first-order chi connectivity index (χ1) is 2.24. The van der Waals surface area contributed by atoms with Crippen molar-refractivity contribution in [3.63, 3.8) is 0 Å². The first kappa shape index (κ1) is 8.28. The molecule has 3 heteroatoms. The van der Waals surface area contributed by atoms with E-state index in [2.05, 4.69) is 51.6 Å². The van der Waals surface area contributed by atoms with E-state index in [1.54, 1.807) is 0 Å². The van der Waals surface area contributed by atoms with Crippen LogP contribution in [-0.4, -0.2) is 9.36 Å². The van der Waals surface area contributed by atoms with E-state index >= 15 is 0 Å². The van der Waals surface area contributed by atoms with E-state index in [0.29, 0.717) is 0 Å². The van der Waals surface area contributed by atoms with E-state index in [-0.39, 0.29) is 0 Å². The summed E-state index contributed by atoms with van der Waals surface area (Å²) in [5.74, 6) is 0. The van der Waals surface area contributed by atoms with Crippen LogP contribution in [0.3, 0.4) is 0 Å². The number of hydrogen-bond acceptors (Lipinski definition) is 0. The van der Waals surface area contributed by atoms with Crippen molar-refractivity contribution in [2.75, 3.05) is 0 Å². The summed E-state index contributed by atoms with van der Waals surface area (Å²) in [5.41, 5.74) is 0. The second kappa shape index (κ2) is 1.90. The van der Waals surface area contributed by atoms with Gasteiger partial charge >= 0.3 is 61.0 Å². The Balaban J connectivity index is 3.73. The van der Waals surface area contributed by atoms with E-state index in [1.807, 2.05) is 0 Å². The van der Waals surface area contributed by atoms with E-state index in [4.69, 9.17) is 0 Å². The molecule has 0 saturated carbocycles. The standard InChI is InChI=1S/3CH3.2HI.Sb/h3*1H3;2*1H;/q;;;;;+2/p-2. The summed E-state index contributed by atoms with van der Waals surface area (Å²) in [6.45, 7) is 0. The van der Waals surface area contributed by atoms with Crippen molar-refractivity contribution in [2.24, 2.45) is 0 Å². The third kappa shape index (κ3) is 33.7. The zero-order valence-electron chi connectivity index (χ0n) is 4.20. The maximum atomic E-state index is 2.60. The molecule has 0 aromatic heterocycles. The van der Waals surface area contributed by atoms with Crippen LogP contribution in [0.1, 0.15) is 0 Å². The van der Waals surface area contributed by atoms with Crippen molar-refractivity contribution in [1.82, 2.24) is 0 Å². The van der Waals surface area contributed by atoms with Crippen LogP contribution in [-0.2, 0) is 0 Å². The fourth-order valence-electron chi connectivity index (χ4n) is 0. The molecule has 40 valence electrons. The van der Waals surface area contributed by atoms with Crippen molar-refractivity contribution in [1.29, 1.82) is 0 Å². The first-order valence-electron chi connectivity index (χ1n) is 1.68. The molecule has 0 atom stereocenters. The van der Waals surface area contributed by atoms with Crippen molar-refractivity contribution in [3.8, 4) is 0 Å². The summed E-state index contributed by atoms with van der Waals surface area (Å²) in [5, 5.41) is 0. The van der Waals surface area contributed by atoms with E-state index in [1.165, 1.54) is 0 Å². The van der Waals surface area contributed by atoms with Gasteiger partial charge in [-0.3, -0.25) is 0 Å². The van der Waals surface area contributed by atoms with Gasteiger partial charge in [0.2, 0.25) is 0 Å². The van der Waals surface area contributed by atoms with Gasteiger partial charge in [0.15, 0.2) is 0 Å². The van der Waals surface area contributed by atoms with Gasteiger partial charge in [-0.05, 0) is 0 Å². The monoisotopic (exact) mass is 420 g/mol. The second-order valence-electron chi connectivity index (χ2n) is 2.42. The molecule has 0 amide bonds. The number of rotatable bonds is 0. The molecule has 0 fully saturated rings. The quantitative estimate of drug-likeness (QED) is 0.417. The molecule has 0 nitrogen and oxygen atoms in total. The Morgan fingerprint density at radius 2 is 1.00 bits per heavy atom. The molecule has 0 spiro atoms. The third-order valence-electron chi connectivity index (χ3n) is 0. The minimum atomic E-state index is -1.75. The molecule has 0 aromatic rings. The van der Waals surface area contributed by atoms with E-state index in [9.17, 15) is 0 Å². The van der Waals surface area contributed by atoms with Gasteiger partial charge in [0.1, 0.15) is 0 Å². The van der Waals surface area contributed by atoms with Gasteiger partial charge in [0, 0.05) is 0 Å². The van der Waals surface area contributed by atoms with Gasteiger partial charge in [0.25, 0.3) is 0 Å². The molecular formula is C3H9I2Sb. The van der Waals surface area contributed by atoms with Crippen LogP contribution in [0.5, 0.6) is 0 Å². The zero-order valence-corrected chi connectivity index (χ0v) is 11.1. The molecule has 0 aliphatic carbocycles. The van der Waals surface area contributed by atoms with Gasteiger partial charge in [-0.15, -0.1) is 0 Å². The van der Waals surface area contributed by atoms with Crippen molar-refractivity contribution in [2.45, 2.75) is 14.6 Å². The molecule has 6 heavy (non-hydrogen) atoms. The Bertz CT molecular complexity index is 42.0. The summed E-state index contributed by atoms with van der Waals surface area (Å²) in [6, 6.07) is 0. The second-order valence-corrected chi connectivity index (χ2v) is 73.9. The molecule has 0 radical (unpaired) electrons. The Labute approximate surface area is 59.6 Å². The molecule has 0 aliphatic rings. The van der Waals surface area contributed by atoms with Crippen LogP contribution in [0.25, 0.3) is 0 Å². The van der Waals surface area contributed by atoms with Crippen molar-refractivity contribution >= 4 is 46.4 Å². The summed E-state index contributed by atoms with van der Waals surface area (Å²) in [4.78, 5) is 7.15. The van der Waals surface area contributed by atoms with Crippen molar-refractivity contribution in [3.05, 3.63) is 0 Å². The van der Waals surface area contributed by atoms with Gasteiger partial charge in [0.05, 0.1) is 0 Å². The maximum absolute atomic E-state index is 2.60. The summed E-state index contributed by atoms with van der Waals surface area (Å²) < 4.78 is 0. The fraction of sp³-hybridized carbons (Fsp3) is 1.00. The average molecular weight is 421 g/mol. The predicted molar refractivity (Wildman–Crippen MR) is 51.4 cm³/mol. The van der Waals surface area contributed by atoms with E-state index in [0.717, 1.165) is 0 Å². The first-order valence-corrected chi connectivity index (χ1v) is 24.2. The Morgan fingerprint density at radius 3 is 1.00 bits per heavy atom. The molecule has 0 aliphatic heterocycles. The van der Waals surface area contributed by atoms with Crippen LogP contribution >= 0.6 is 37.0 Å². The van der Waals surface area contributed by atoms with Gasteiger partial charge in [-0.1, -0.05) is 0 Å². The molecule has 0 saturated heterocycles. The van der Waals surface area contributed by atoms with E-state index < -0.39 is 9.36 Å². The zero-order chi connectivity index (χ0) is 5.45. The van der Waals surface area contributed by atoms with Crippen LogP contribution in [0, 0.1) is 0 Å². The molecular weight excluding hydrogens is 412 g/mol. The SMILES string of the molecule is [CH3][Sb]([CH3])([CH3])([I])[I]. The van der Waals surface area contributed by atoms with Crippen LogP contribution in [0.2, 0.25) is 14.6 Å². The van der Waals surface area contributed by atoms with Gasteiger partial charge in [-0.25, -0.2) is 0 Å². The molecule has 0 rings (SSSR count). The molecule has 0 N–H and O–H groups in total. The predicted octanol–water partition coefficient (Wildman–Crippen LogP) is 3.14. The Hall–Kier alpha value is 2.28. The number of hydrogen-bond donors (Lipinski definition) is 0. The molecule has 0 aromatic carbocycles. The van der Waals surface area contributed by atoms with Crippen LogP contribution < -0.4 is 0 Å². The summed E-state index contributed by atoms with van der Waals surface area (Å²) in [7, 11) is -1.75. The van der Waals surface area contributed by atoms with Gasteiger partial charge in [-0.2, -0.15) is 0 Å². The molecule has 0 heterocycles. The molecule has 0 bridgehead atoms. The average Bonchev–Trinajstić information content (AvgIpc) is 0.650. The summed E-state index contributed by atoms with van der Waals surface area (Å²) in [6.07, 6.45) is 0. The normalized spacial score (nSPS) is 19.2. The van der Waals surface area contributed by atoms with Crippen molar-refractivity contribution < 1.29 is 0 Å². The summed E-state index contributed by atoms with van der Waals surface area (Å²) >= 11 is 5.20. The van der Waals surface area contributed by atoms with Crippen LogP contribution in [0.4, 0.5) is 0 Å². The topological polar surface area (TPSA) is 0 Å². The molecule has 0 unspecified atom stereocenters.